The first-order valence-electron chi connectivity index (χ1n) is 14.9. The van der Waals surface area contributed by atoms with Gasteiger partial charge in [0, 0.05) is 37.8 Å². The lowest BCUT2D eigenvalue weighted by atomic mass is 9.95. The Labute approximate surface area is 243 Å². The monoisotopic (exact) mass is 575 g/mol. The standard InChI is InChI=1S/C32H35F2N5O3/c1-2-19-6-3-7-20-12-23(41)13-24(26(19)20)28-27(34)29-25(15-35-28)30(38-10-4-8-22(40)17-38)37-31(36-29)42-18-32-9-5-11-39(32)16-21(33)14-32/h3,6-7,12-13,15,21-22,40-41H,2,4-5,8-11,14,16-18H2,1H3/t21-,22+,32+/m1/s1. The van der Waals surface area contributed by atoms with Gasteiger partial charge in [0.2, 0.25) is 0 Å². The summed E-state index contributed by atoms with van der Waals surface area (Å²) in [6.07, 6.45) is 4.54. The molecule has 0 aliphatic carbocycles. The average Bonchev–Trinajstić information content (AvgIpc) is 3.51. The van der Waals surface area contributed by atoms with Gasteiger partial charge in [-0.15, -0.1) is 0 Å². The van der Waals surface area contributed by atoms with Gasteiger partial charge in [-0.3, -0.25) is 9.88 Å². The number of fused-ring (bicyclic) bond motifs is 3. The first kappa shape index (κ1) is 27.2. The van der Waals surface area contributed by atoms with Crippen molar-refractivity contribution in [1.82, 2.24) is 19.9 Å². The number of hydrogen-bond donors (Lipinski definition) is 2. The number of aliphatic hydroxyl groups is 1. The predicted molar refractivity (Wildman–Crippen MR) is 157 cm³/mol. The third kappa shape index (κ3) is 4.61. The molecular weight excluding hydrogens is 540 g/mol. The van der Waals surface area contributed by atoms with Crippen molar-refractivity contribution in [3.05, 3.63) is 47.9 Å². The van der Waals surface area contributed by atoms with Crippen LogP contribution in [0.15, 0.2) is 36.5 Å². The molecule has 10 heteroatoms. The number of aromatic nitrogens is 3. The molecule has 0 spiro atoms. The number of aryl methyl sites for hydroxylation is 1. The second-order valence-electron chi connectivity index (χ2n) is 12.0. The van der Waals surface area contributed by atoms with Crippen molar-refractivity contribution >= 4 is 27.5 Å². The molecule has 4 aromatic rings. The van der Waals surface area contributed by atoms with Gasteiger partial charge in [0.1, 0.15) is 35.6 Å². The number of phenols is 1. The molecular formula is C32H35F2N5O3. The Balaban J connectivity index is 1.36. The van der Waals surface area contributed by atoms with Gasteiger partial charge >= 0.3 is 6.01 Å². The SMILES string of the molecule is CCc1cccc2cc(O)cc(-c3ncc4c(N5CCC[C@H](O)C5)nc(OC[C@@]56CCCN5C[C@H](F)C6)nc4c3F)c12. The molecule has 8 nitrogen and oxygen atoms in total. The molecule has 3 atom stereocenters. The molecule has 0 saturated carbocycles. The number of piperidine rings is 1. The summed E-state index contributed by atoms with van der Waals surface area (Å²) in [5, 5.41) is 23.0. The van der Waals surface area contributed by atoms with Crippen LogP contribution in [-0.4, -0.2) is 80.7 Å². The Hall–Kier alpha value is -3.63. The van der Waals surface area contributed by atoms with Crippen LogP contribution >= 0.6 is 0 Å². The van der Waals surface area contributed by atoms with Crippen molar-refractivity contribution in [2.75, 3.05) is 37.7 Å². The lowest BCUT2D eigenvalue weighted by molar-refractivity contribution is 0.107. The number of aliphatic hydroxyl groups excluding tert-OH is 1. The molecule has 3 aliphatic heterocycles. The van der Waals surface area contributed by atoms with E-state index in [2.05, 4.69) is 14.9 Å². The summed E-state index contributed by atoms with van der Waals surface area (Å²) < 4.78 is 37.2. The van der Waals surface area contributed by atoms with E-state index in [-0.39, 0.29) is 29.6 Å². The van der Waals surface area contributed by atoms with E-state index in [9.17, 15) is 14.6 Å². The number of halogens is 2. The van der Waals surface area contributed by atoms with Crippen molar-refractivity contribution < 1.29 is 23.7 Å². The maximum atomic E-state index is 16.6. The molecule has 2 aromatic carbocycles. The number of hydrogen-bond acceptors (Lipinski definition) is 8. The minimum Gasteiger partial charge on any atom is -0.508 e. The quantitative estimate of drug-likeness (QED) is 0.325. The van der Waals surface area contributed by atoms with Gasteiger partial charge in [-0.25, -0.2) is 8.78 Å². The van der Waals surface area contributed by atoms with E-state index >= 15 is 4.39 Å². The Kier molecular flexibility index (Phi) is 6.85. The number of nitrogens with zero attached hydrogens (tertiary/aromatic N) is 5. The molecule has 0 unspecified atom stereocenters. The number of aromatic hydroxyl groups is 1. The zero-order valence-corrected chi connectivity index (χ0v) is 23.7. The van der Waals surface area contributed by atoms with E-state index in [1.165, 1.54) is 0 Å². The van der Waals surface area contributed by atoms with Crippen LogP contribution in [0.4, 0.5) is 14.6 Å². The maximum absolute atomic E-state index is 16.6. The minimum absolute atomic E-state index is 0.0184. The zero-order valence-electron chi connectivity index (χ0n) is 23.7. The Morgan fingerprint density at radius 3 is 2.86 bits per heavy atom. The second kappa shape index (κ2) is 10.6. The van der Waals surface area contributed by atoms with Crippen LogP contribution in [0.2, 0.25) is 0 Å². The summed E-state index contributed by atoms with van der Waals surface area (Å²) in [7, 11) is 0. The summed E-state index contributed by atoms with van der Waals surface area (Å²) in [5.41, 5.74) is 1.23. The first-order chi connectivity index (χ1) is 20.3. The maximum Gasteiger partial charge on any atom is 0.319 e. The number of alkyl halides is 1. The molecule has 0 amide bonds. The summed E-state index contributed by atoms with van der Waals surface area (Å²) in [4.78, 5) is 17.9. The second-order valence-corrected chi connectivity index (χ2v) is 12.0. The molecule has 3 fully saturated rings. The minimum atomic E-state index is -0.895. The predicted octanol–water partition coefficient (Wildman–Crippen LogP) is 5.17. The van der Waals surface area contributed by atoms with Crippen molar-refractivity contribution in [1.29, 1.82) is 0 Å². The molecule has 42 heavy (non-hydrogen) atoms. The van der Waals surface area contributed by atoms with Crippen LogP contribution in [0.3, 0.4) is 0 Å². The fourth-order valence-corrected chi connectivity index (χ4v) is 7.28. The van der Waals surface area contributed by atoms with Crippen molar-refractivity contribution in [2.45, 2.75) is 63.3 Å². The highest BCUT2D eigenvalue weighted by molar-refractivity contribution is 6.01. The van der Waals surface area contributed by atoms with Crippen LogP contribution in [0.1, 0.15) is 44.6 Å². The molecule has 2 N–H and O–H groups in total. The lowest BCUT2D eigenvalue weighted by Gasteiger charge is -2.32. The average molecular weight is 576 g/mol. The fourth-order valence-electron chi connectivity index (χ4n) is 7.28. The number of rotatable bonds is 6. The smallest absolute Gasteiger partial charge is 0.319 e. The van der Waals surface area contributed by atoms with Crippen LogP contribution < -0.4 is 9.64 Å². The third-order valence-electron chi connectivity index (χ3n) is 9.25. The number of pyridine rings is 1. The molecule has 3 saturated heterocycles. The normalized spacial score (nSPS) is 24.5. The van der Waals surface area contributed by atoms with Gasteiger partial charge in [-0.05, 0) is 67.1 Å². The topological polar surface area (TPSA) is 94.8 Å². The van der Waals surface area contributed by atoms with Crippen molar-refractivity contribution in [3.8, 4) is 23.0 Å². The largest absolute Gasteiger partial charge is 0.508 e. The number of β-amino-alcohol motifs (C(OH)–C–C–N with tert-alkyl or cyclic N) is 1. The summed E-state index contributed by atoms with van der Waals surface area (Å²) in [6.45, 7) is 4.49. The van der Waals surface area contributed by atoms with E-state index in [1.54, 1.807) is 18.3 Å². The Bertz CT molecular complexity index is 1670. The fraction of sp³-hybridized carbons (Fsp3) is 0.469. The van der Waals surface area contributed by atoms with E-state index in [4.69, 9.17) is 9.72 Å². The van der Waals surface area contributed by atoms with Crippen LogP contribution in [0.5, 0.6) is 11.8 Å². The molecule has 2 aromatic heterocycles. The molecule has 3 aliphatic rings. The Morgan fingerprint density at radius 1 is 1.14 bits per heavy atom. The highest BCUT2D eigenvalue weighted by atomic mass is 19.1. The summed E-state index contributed by atoms with van der Waals surface area (Å²) in [5.74, 6) is -0.163. The van der Waals surface area contributed by atoms with Crippen molar-refractivity contribution in [2.24, 2.45) is 0 Å². The molecule has 0 radical (unpaired) electrons. The van der Waals surface area contributed by atoms with Gasteiger partial charge in [-0.1, -0.05) is 25.1 Å². The third-order valence-corrected chi connectivity index (χ3v) is 9.25. The number of anilines is 1. The number of phenolic OH excluding ortho intramolecular Hbond substituents is 1. The van der Waals surface area contributed by atoms with Gasteiger partial charge in [0.15, 0.2) is 5.82 Å². The van der Waals surface area contributed by atoms with E-state index in [0.717, 1.165) is 48.6 Å². The van der Waals surface area contributed by atoms with Crippen LogP contribution in [0.25, 0.3) is 32.9 Å². The van der Waals surface area contributed by atoms with Crippen LogP contribution in [0, 0.1) is 5.82 Å². The molecule has 5 heterocycles. The number of ether oxygens (including phenoxy) is 1. The van der Waals surface area contributed by atoms with Crippen LogP contribution in [-0.2, 0) is 6.42 Å². The molecule has 220 valence electrons. The lowest BCUT2D eigenvalue weighted by Crippen LogP contribution is -2.43. The Morgan fingerprint density at radius 2 is 2.02 bits per heavy atom. The van der Waals surface area contributed by atoms with Gasteiger partial charge in [0.05, 0.1) is 17.0 Å². The summed E-state index contributed by atoms with van der Waals surface area (Å²) >= 11 is 0. The van der Waals surface area contributed by atoms with Gasteiger partial charge in [0.25, 0.3) is 0 Å². The highest BCUT2D eigenvalue weighted by Crippen LogP contribution is 2.41. The number of benzene rings is 2. The van der Waals surface area contributed by atoms with Crippen molar-refractivity contribution in [3.63, 3.8) is 0 Å². The van der Waals surface area contributed by atoms with Gasteiger partial charge < -0.3 is 19.8 Å². The van der Waals surface area contributed by atoms with E-state index in [0.29, 0.717) is 49.2 Å². The molecule has 7 rings (SSSR count). The summed E-state index contributed by atoms with van der Waals surface area (Å²) in [6, 6.07) is 9.04. The van der Waals surface area contributed by atoms with E-state index < -0.39 is 23.6 Å². The van der Waals surface area contributed by atoms with E-state index in [1.807, 2.05) is 30.0 Å². The highest BCUT2D eigenvalue weighted by Gasteiger charge is 2.49. The van der Waals surface area contributed by atoms with Gasteiger partial charge in [-0.2, -0.15) is 9.97 Å². The zero-order chi connectivity index (χ0) is 29.0. The molecule has 0 bridgehead atoms. The first-order valence-corrected chi connectivity index (χ1v) is 14.9.